The van der Waals surface area contributed by atoms with Crippen LogP contribution in [0.2, 0.25) is 0 Å². The number of nitrogens with zero attached hydrogens (tertiary/aromatic N) is 6. The van der Waals surface area contributed by atoms with E-state index in [9.17, 15) is 0 Å². The molecule has 0 bridgehead atoms. The molecule has 4 rings (SSSR count). The van der Waals surface area contributed by atoms with Gasteiger partial charge in [-0.2, -0.15) is 0 Å². The number of rotatable bonds is 6. The van der Waals surface area contributed by atoms with Crippen LogP contribution in [0.5, 0.6) is 0 Å². The molecule has 1 atom stereocenters. The fourth-order valence-electron chi connectivity index (χ4n) is 4.24. The Hall–Kier alpha value is -1.76. The van der Waals surface area contributed by atoms with Crippen molar-refractivity contribution in [2.24, 2.45) is 0 Å². The summed E-state index contributed by atoms with van der Waals surface area (Å²) in [4.78, 5) is 7.30. The second kappa shape index (κ2) is 7.64. The van der Waals surface area contributed by atoms with Crippen LogP contribution >= 0.6 is 0 Å². The van der Waals surface area contributed by atoms with Gasteiger partial charge >= 0.3 is 0 Å². The summed E-state index contributed by atoms with van der Waals surface area (Å²) in [6, 6.07) is 0.254. The van der Waals surface area contributed by atoms with E-state index in [1.54, 1.807) is 0 Å². The van der Waals surface area contributed by atoms with Gasteiger partial charge in [0, 0.05) is 12.5 Å². The van der Waals surface area contributed by atoms with Gasteiger partial charge in [-0.3, -0.25) is 4.90 Å². The molecular formula is C18H28N6O. The van der Waals surface area contributed by atoms with Crippen LogP contribution in [0, 0.1) is 0 Å². The fraction of sp³-hybridized carbons (Fsp3) is 0.778. The lowest BCUT2D eigenvalue weighted by Gasteiger charge is -2.21. The third-order valence-electron chi connectivity index (χ3n) is 5.60. The lowest BCUT2D eigenvalue weighted by molar-refractivity contribution is 0.206. The van der Waals surface area contributed by atoms with Gasteiger partial charge in [0.2, 0.25) is 5.89 Å². The Kier molecular flexibility index (Phi) is 5.10. The molecule has 2 aliphatic rings. The number of likely N-dealkylation sites (tertiary alicyclic amines) is 1. The number of hydrogen-bond acceptors (Lipinski definition) is 6. The Morgan fingerprint density at radius 1 is 1.16 bits per heavy atom. The molecule has 2 fully saturated rings. The third-order valence-corrected chi connectivity index (χ3v) is 5.60. The summed E-state index contributed by atoms with van der Waals surface area (Å²) in [5, 5.41) is 12.2. The van der Waals surface area contributed by atoms with Crippen molar-refractivity contribution in [1.29, 1.82) is 0 Å². The van der Waals surface area contributed by atoms with Gasteiger partial charge in [0.1, 0.15) is 6.26 Å². The molecular weight excluding hydrogens is 316 g/mol. The third kappa shape index (κ3) is 3.61. The summed E-state index contributed by atoms with van der Waals surface area (Å²) in [6.45, 7) is 4.82. The molecule has 0 N–H and O–H groups in total. The Labute approximate surface area is 148 Å². The zero-order valence-corrected chi connectivity index (χ0v) is 15.1. The van der Waals surface area contributed by atoms with Crippen molar-refractivity contribution >= 4 is 0 Å². The Bertz CT molecular complexity index is 675. The van der Waals surface area contributed by atoms with Crippen LogP contribution in [0.1, 0.15) is 87.7 Å². The molecule has 3 heterocycles. The number of aryl methyl sites for hydroxylation is 1. The van der Waals surface area contributed by atoms with Gasteiger partial charge in [0.25, 0.3) is 0 Å². The van der Waals surface area contributed by atoms with Crippen LogP contribution in [0.3, 0.4) is 0 Å². The molecule has 7 heteroatoms. The van der Waals surface area contributed by atoms with Gasteiger partial charge in [0.15, 0.2) is 5.82 Å². The highest BCUT2D eigenvalue weighted by Crippen LogP contribution is 2.36. The van der Waals surface area contributed by atoms with Gasteiger partial charge in [-0.25, -0.2) is 9.67 Å². The lowest BCUT2D eigenvalue weighted by atomic mass is 9.87. The van der Waals surface area contributed by atoms with Crippen LogP contribution in [0.25, 0.3) is 0 Å². The van der Waals surface area contributed by atoms with E-state index < -0.39 is 0 Å². The van der Waals surface area contributed by atoms with E-state index in [1.807, 2.05) is 10.9 Å². The topological polar surface area (TPSA) is 72.9 Å². The zero-order valence-electron chi connectivity index (χ0n) is 15.1. The van der Waals surface area contributed by atoms with E-state index in [0.717, 1.165) is 49.9 Å². The highest BCUT2D eigenvalue weighted by atomic mass is 16.3. The van der Waals surface area contributed by atoms with Crippen molar-refractivity contribution < 1.29 is 4.42 Å². The average molecular weight is 344 g/mol. The Morgan fingerprint density at radius 2 is 2.04 bits per heavy atom. The molecule has 2 aromatic heterocycles. The summed E-state index contributed by atoms with van der Waals surface area (Å²) in [5.74, 6) is 2.42. The minimum absolute atomic E-state index is 0.254. The standard InChI is InChI=1S/C18H28N6O/c1-2-10-24-17(20-21-22-24)12-23-11-6-9-16(23)18-19-15(13-25-18)14-7-4-3-5-8-14/h13-14,16H,2-12H2,1H3. The summed E-state index contributed by atoms with van der Waals surface area (Å²) in [6.07, 6.45) is 11.7. The van der Waals surface area contributed by atoms with E-state index in [0.29, 0.717) is 5.92 Å². The quantitative estimate of drug-likeness (QED) is 0.799. The second-order valence-corrected chi connectivity index (χ2v) is 7.39. The maximum atomic E-state index is 5.92. The number of aromatic nitrogens is 5. The predicted molar refractivity (Wildman–Crippen MR) is 92.8 cm³/mol. The van der Waals surface area contributed by atoms with Crippen LogP contribution in [-0.2, 0) is 13.1 Å². The molecule has 0 aromatic carbocycles. The first-order chi connectivity index (χ1) is 12.3. The molecule has 1 aliphatic heterocycles. The van der Waals surface area contributed by atoms with E-state index in [2.05, 4.69) is 27.3 Å². The maximum absolute atomic E-state index is 5.92. The first-order valence-electron chi connectivity index (χ1n) is 9.79. The van der Waals surface area contributed by atoms with Crippen LogP contribution in [0.15, 0.2) is 10.7 Å². The summed E-state index contributed by atoms with van der Waals surface area (Å²) >= 11 is 0. The molecule has 0 radical (unpaired) electrons. The van der Waals surface area contributed by atoms with E-state index >= 15 is 0 Å². The van der Waals surface area contributed by atoms with Gasteiger partial charge in [-0.05, 0) is 49.1 Å². The molecule has 1 unspecified atom stereocenters. The van der Waals surface area contributed by atoms with Crippen molar-refractivity contribution in [2.45, 2.75) is 83.3 Å². The monoisotopic (exact) mass is 344 g/mol. The van der Waals surface area contributed by atoms with Crippen LogP contribution < -0.4 is 0 Å². The largest absolute Gasteiger partial charge is 0.447 e. The van der Waals surface area contributed by atoms with E-state index in [4.69, 9.17) is 9.40 Å². The van der Waals surface area contributed by atoms with Crippen molar-refractivity contribution in [3.63, 3.8) is 0 Å². The molecule has 25 heavy (non-hydrogen) atoms. The van der Waals surface area contributed by atoms with Crippen molar-refractivity contribution in [1.82, 2.24) is 30.1 Å². The summed E-state index contributed by atoms with van der Waals surface area (Å²) < 4.78 is 7.83. The molecule has 1 saturated heterocycles. The first-order valence-corrected chi connectivity index (χ1v) is 9.79. The Balaban J connectivity index is 1.46. The molecule has 0 amide bonds. The van der Waals surface area contributed by atoms with Gasteiger partial charge in [-0.1, -0.05) is 26.2 Å². The smallest absolute Gasteiger partial charge is 0.211 e. The summed E-state index contributed by atoms with van der Waals surface area (Å²) in [5.41, 5.74) is 1.16. The molecule has 1 aliphatic carbocycles. The van der Waals surface area contributed by atoms with E-state index in [-0.39, 0.29) is 6.04 Å². The number of hydrogen-bond donors (Lipinski definition) is 0. The average Bonchev–Trinajstić information content (AvgIpc) is 3.38. The number of tetrazole rings is 1. The predicted octanol–water partition coefficient (Wildman–Crippen LogP) is 3.46. The van der Waals surface area contributed by atoms with Crippen molar-refractivity contribution in [3.8, 4) is 0 Å². The SMILES string of the molecule is CCCn1nnnc1CN1CCCC1c1nc(C2CCCCC2)co1. The number of oxazole rings is 1. The lowest BCUT2D eigenvalue weighted by Crippen LogP contribution is -2.25. The van der Waals surface area contributed by atoms with Crippen molar-refractivity contribution in [2.75, 3.05) is 6.54 Å². The highest BCUT2D eigenvalue weighted by molar-refractivity contribution is 5.08. The van der Waals surface area contributed by atoms with Crippen LogP contribution in [0.4, 0.5) is 0 Å². The summed E-state index contributed by atoms with van der Waals surface area (Å²) in [7, 11) is 0. The van der Waals surface area contributed by atoms with E-state index in [1.165, 1.54) is 38.5 Å². The molecule has 1 saturated carbocycles. The van der Waals surface area contributed by atoms with Gasteiger partial charge in [0.05, 0.1) is 18.3 Å². The second-order valence-electron chi connectivity index (χ2n) is 7.39. The molecule has 7 nitrogen and oxygen atoms in total. The molecule has 0 spiro atoms. The molecule has 136 valence electrons. The maximum Gasteiger partial charge on any atom is 0.211 e. The Morgan fingerprint density at radius 3 is 2.88 bits per heavy atom. The van der Waals surface area contributed by atoms with Gasteiger partial charge < -0.3 is 4.42 Å². The highest BCUT2D eigenvalue weighted by Gasteiger charge is 2.32. The fourth-order valence-corrected chi connectivity index (χ4v) is 4.24. The normalized spacial score (nSPS) is 22.7. The zero-order chi connectivity index (χ0) is 17.1. The first kappa shape index (κ1) is 16.7. The minimum Gasteiger partial charge on any atom is -0.447 e. The van der Waals surface area contributed by atoms with Gasteiger partial charge in [-0.15, -0.1) is 5.10 Å². The minimum atomic E-state index is 0.254. The van der Waals surface area contributed by atoms with Crippen LogP contribution in [-0.4, -0.2) is 36.6 Å². The molecule has 2 aromatic rings. The van der Waals surface area contributed by atoms with Crippen molar-refractivity contribution in [3.05, 3.63) is 23.7 Å².